The smallest absolute Gasteiger partial charge is 0.0780 e. The lowest BCUT2D eigenvalue weighted by molar-refractivity contribution is 0.723. The van der Waals surface area contributed by atoms with Crippen LogP contribution in [0.2, 0.25) is 0 Å². The maximum absolute atomic E-state index is 4.78. The van der Waals surface area contributed by atoms with Gasteiger partial charge in [0, 0.05) is 17.1 Å². The third-order valence-corrected chi connectivity index (χ3v) is 6.17. The van der Waals surface area contributed by atoms with E-state index in [9.17, 15) is 0 Å². The number of fused-ring (bicyclic) bond motifs is 1. The summed E-state index contributed by atoms with van der Waals surface area (Å²) in [4.78, 5) is 4.78. The summed E-state index contributed by atoms with van der Waals surface area (Å²) in [6.45, 7) is 6.77. The SMILES string of the molecule is CCC(C)c1ccc2c(-c3cc(C)cc(C4CCCC4)c3)nccc2c1. The Kier molecular flexibility index (Phi) is 4.80. The molecular weight excluding hydrogens is 314 g/mol. The van der Waals surface area contributed by atoms with Gasteiger partial charge in [0.1, 0.15) is 0 Å². The standard InChI is InChI=1S/C25H29N/c1-4-18(3)20-9-10-24-21(15-20)11-12-26-25(24)23-14-17(2)13-22(16-23)19-7-5-6-8-19/h9-16,18-19H,4-8H2,1-3H3. The predicted molar refractivity (Wildman–Crippen MR) is 112 cm³/mol. The van der Waals surface area contributed by atoms with Crippen LogP contribution in [0.3, 0.4) is 0 Å². The number of benzene rings is 2. The largest absolute Gasteiger partial charge is 0.256 e. The normalized spacial score (nSPS) is 16.3. The van der Waals surface area contributed by atoms with Gasteiger partial charge in [-0.1, -0.05) is 56.5 Å². The lowest BCUT2D eigenvalue weighted by Crippen LogP contribution is -1.96. The van der Waals surface area contributed by atoms with Gasteiger partial charge >= 0.3 is 0 Å². The van der Waals surface area contributed by atoms with Crippen LogP contribution < -0.4 is 0 Å². The molecule has 2 aromatic carbocycles. The molecule has 0 saturated heterocycles. The number of hydrogen-bond donors (Lipinski definition) is 0. The van der Waals surface area contributed by atoms with E-state index in [1.807, 2.05) is 6.20 Å². The zero-order chi connectivity index (χ0) is 18.1. The van der Waals surface area contributed by atoms with E-state index in [-0.39, 0.29) is 0 Å². The molecule has 1 heteroatoms. The van der Waals surface area contributed by atoms with Crippen molar-refractivity contribution in [2.75, 3.05) is 0 Å². The molecule has 1 heterocycles. The predicted octanol–water partition coefficient (Wildman–Crippen LogP) is 7.38. The molecule has 1 atom stereocenters. The van der Waals surface area contributed by atoms with Crippen molar-refractivity contribution in [1.82, 2.24) is 4.98 Å². The highest BCUT2D eigenvalue weighted by atomic mass is 14.7. The van der Waals surface area contributed by atoms with Crippen LogP contribution in [0.1, 0.15) is 74.5 Å². The molecule has 1 nitrogen and oxygen atoms in total. The van der Waals surface area contributed by atoms with Crippen LogP contribution in [0.5, 0.6) is 0 Å². The fourth-order valence-corrected chi connectivity index (χ4v) is 4.41. The Bertz CT molecular complexity index is 919. The molecule has 0 amide bonds. The number of hydrogen-bond acceptors (Lipinski definition) is 1. The Morgan fingerprint density at radius 2 is 1.85 bits per heavy atom. The van der Waals surface area contributed by atoms with E-state index in [4.69, 9.17) is 4.98 Å². The van der Waals surface area contributed by atoms with E-state index in [1.54, 1.807) is 0 Å². The molecule has 1 aliphatic carbocycles. The first-order valence-electron chi connectivity index (χ1n) is 10.2. The van der Waals surface area contributed by atoms with Gasteiger partial charge in [0.2, 0.25) is 0 Å². The van der Waals surface area contributed by atoms with Crippen molar-refractivity contribution < 1.29 is 0 Å². The molecule has 26 heavy (non-hydrogen) atoms. The minimum Gasteiger partial charge on any atom is -0.256 e. The highest BCUT2D eigenvalue weighted by molar-refractivity contribution is 5.95. The molecule has 1 aliphatic rings. The zero-order valence-corrected chi connectivity index (χ0v) is 16.3. The van der Waals surface area contributed by atoms with Gasteiger partial charge in [0.25, 0.3) is 0 Å². The van der Waals surface area contributed by atoms with Gasteiger partial charge in [0.05, 0.1) is 5.69 Å². The van der Waals surface area contributed by atoms with Crippen molar-refractivity contribution in [2.24, 2.45) is 0 Å². The first-order valence-corrected chi connectivity index (χ1v) is 10.2. The maximum Gasteiger partial charge on any atom is 0.0780 e. The summed E-state index contributed by atoms with van der Waals surface area (Å²) in [5.74, 6) is 1.34. The Morgan fingerprint density at radius 1 is 1.04 bits per heavy atom. The van der Waals surface area contributed by atoms with Crippen LogP contribution >= 0.6 is 0 Å². The van der Waals surface area contributed by atoms with Crippen molar-refractivity contribution in [3.8, 4) is 11.3 Å². The van der Waals surface area contributed by atoms with Gasteiger partial charge in [-0.25, -0.2) is 0 Å². The Labute approximate surface area is 157 Å². The molecule has 0 bridgehead atoms. The molecule has 1 saturated carbocycles. The minimum atomic E-state index is 0.601. The van der Waals surface area contributed by atoms with Gasteiger partial charge in [-0.15, -0.1) is 0 Å². The maximum atomic E-state index is 4.78. The van der Waals surface area contributed by atoms with E-state index in [2.05, 4.69) is 63.2 Å². The third-order valence-electron chi connectivity index (χ3n) is 6.17. The summed E-state index contributed by atoms with van der Waals surface area (Å²) in [7, 11) is 0. The molecule has 1 fully saturated rings. The molecule has 1 unspecified atom stereocenters. The number of pyridine rings is 1. The molecule has 4 rings (SSSR count). The van der Waals surface area contributed by atoms with Crippen LogP contribution in [0, 0.1) is 6.92 Å². The topological polar surface area (TPSA) is 12.9 Å². The van der Waals surface area contributed by atoms with Crippen LogP contribution in [0.15, 0.2) is 48.7 Å². The molecule has 0 N–H and O–H groups in total. The van der Waals surface area contributed by atoms with E-state index in [0.29, 0.717) is 5.92 Å². The summed E-state index contributed by atoms with van der Waals surface area (Å²) in [6.07, 6.45) is 8.56. The quantitative estimate of drug-likeness (QED) is 0.481. The van der Waals surface area contributed by atoms with E-state index >= 15 is 0 Å². The molecular formula is C25H29N. The molecule has 0 radical (unpaired) electrons. The molecule has 0 aliphatic heterocycles. The first-order chi connectivity index (χ1) is 12.7. The van der Waals surface area contributed by atoms with Crippen LogP contribution in [-0.4, -0.2) is 4.98 Å². The summed E-state index contributed by atoms with van der Waals surface area (Å²) in [5.41, 5.74) is 6.68. The molecule has 3 aromatic rings. The summed E-state index contributed by atoms with van der Waals surface area (Å²) >= 11 is 0. The highest BCUT2D eigenvalue weighted by Gasteiger charge is 2.18. The Balaban J connectivity index is 1.81. The monoisotopic (exact) mass is 343 g/mol. The number of nitrogens with zero attached hydrogens (tertiary/aromatic N) is 1. The van der Waals surface area contributed by atoms with Gasteiger partial charge in [-0.05, 0) is 72.7 Å². The van der Waals surface area contributed by atoms with Crippen LogP contribution in [0.4, 0.5) is 0 Å². The molecule has 1 aromatic heterocycles. The number of rotatable bonds is 4. The molecule has 134 valence electrons. The fourth-order valence-electron chi connectivity index (χ4n) is 4.41. The number of aryl methyl sites for hydroxylation is 1. The van der Waals surface area contributed by atoms with Gasteiger partial charge in [-0.3, -0.25) is 4.98 Å². The molecule has 0 spiro atoms. The van der Waals surface area contributed by atoms with Gasteiger partial charge < -0.3 is 0 Å². The Morgan fingerprint density at radius 3 is 2.62 bits per heavy atom. The van der Waals surface area contributed by atoms with Crippen LogP contribution in [0.25, 0.3) is 22.0 Å². The van der Waals surface area contributed by atoms with Crippen molar-refractivity contribution in [1.29, 1.82) is 0 Å². The zero-order valence-electron chi connectivity index (χ0n) is 16.3. The lowest BCUT2D eigenvalue weighted by Gasteiger charge is -2.15. The fraction of sp³-hybridized carbons (Fsp3) is 0.400. The van der Waals surface area contributed by atoms with Crippen molar-refractivity contribution in [3.05, 3.63) is 65.4 Å². The third kappa shape index (κ3) is 3.28. The van der Waals surface area contributed by atoms with E-state index in [1.165, 1.54) is 65.1 Å². The van der Waals surface area contributed by atoms with E-state index < -0.39 is 0 Å². The second kappa shape index (κ2) is 7.23. The van der Waals surface area contributed by atoms with Crippen molar-refractivity contribution >= 4 is 10.8 Å². The van der Waals surface area contributed by atoms with Crippen molar-refractivity contribution in [2.45, 2.75) is 64.7 Å². The lowest BCUT2D eigenvalue weighted by atomic mass is 9.91. The first kappa shape index (κ1) is 17.3. The number of aromatic nitrogens is 1. The average Bonchev–Trinajstić information content (AvgIpc) is 3.21. The van der Waals surface area contributed by atoms with E-state index in [0.717, 1.165) is 11.6 Å². The highest BCUT2D eigenvalue weighted by Crippen LogP contribution is 2.37. The minimum absolute atomic E-state index is 0.601. The summed E-state index contributed by atoms with van der Waals surface area (Å²) in [6, 6.07) is 16.1. The summed E-state index contributed by atoms with van der Waals surface area (Å²) in [5, 5.41) is 2.57. The van der Waals surface area contributed by atoms with Gasteiger partial charge in [-0.2, -0.15) is 0 Å². The second-order valence-corrected chi connectivity index (χ2v) is 8.06. The second-order valence-electron chi connectivity index (χ2n) is 8.06. The summed E-state index contributed by atoms with van der Waals surface area (Å²) < 4.78 is 0. The average molecular weight is 344 g/mol. The van der Waals surface area contributed by atoms with Crippen LogP contribution in [-0.2, 0) is 0 Å². The van der Waals surface area contributed by atoms with Gasteiger partial charge in [0.15, 0.2) is 0 Å². The Hall–Kier alpha value is -2.15. The van der Waals surface area contributed by atoms with Crippen molar-refractivity contribution in [3.63, 3.8) is 0 Å².